The molecule has 6 nitrogen and oxygen atoms in total. The number of rotatable bonds is 5. The van der Waals surface area contributed by atoms with Crippen molar-refractivity contribution in [1.82, 2.24) is 20.4 Å². The van der Waals surface area contributed by atoms with E-state index in [-0.39, 0.29) is 11.8 Å². The van der Waals surface area contributed by atoms with Crippen LogP contribution in [0, 0.1) is 0 Å². The summed E-state index contributed by atoms with van der Waals surface area (Å²) < 4.78 is 1.40. The molecule has 1 aromatic carbocycles. The van der Waals surface area contributed by atoms with Crippen LogP contribution in [-0.2, 0) is 16.1 Å². The molecular formula is C14H16N4O2. The molecule has 0 unspecified atom stereocenters. The lowest BCUT2D eigenvalue weighted by Gasteiger charge is -2.18. The van der Waals surface area contributed by atoms with E-state index in [1.807, 2.05) is 30.3 Å². The molecule has 0 aliphatic heterocycles. The zero-order chi connectivity index (χ0) is 14.4. The van der Waals surface area contributed by atoms with Gasteiger partial charge in [0.1, 0.15) is 0 Å². The third kappa shape index (κ3) is 3.68. The van der Waals surface area contributed by atoms with Crippen LogP contribution in [-0.4, -0.2) is 21.6 Å². The normalized spacial score (nSPS) is 11.7. The standard InChI is InChI=1S/C14H16N4O2/c1-11(19)17-13(18-9-5-8-16-18)14(20)15-10-12-6-3-2-4-7-12/h2-9,13H,10H2,1H3,(H,15,20)(H,17,19)/t13-/m0/s1. The van der Waals surface area contributed by atoms with Crippen molar-refractivity contribution in [2.24, 2.45) is 0 Å². The van der Waals surface area contributed by atoms with E-state index < -0.39 is 6.17 Å². The Kier molecular flexibility index (Phi) is 4.49. The second-order valence-corrected chi connectivity index (χ2v) is 4.29. The number of hydrogen-bond acceptors (Lipinski definition) is 3. The maximum atomic E-state index is 12.2. The first-order valence-corrected chi connectivity index (χ1v) is 6.24. The minimum atomic E-state index is -0.841. The summed E-state index contributed by atoms with van der Waals surface area (Å²) in [6.07, 6.45) is 2.34. The van der Waals surface area contributed by atoms with E-state index >= 15 is 0 Å². The predicted molar refractivity (Wildman–Crippen MR) is 73.4 cm³/mol. The van der Waals surface area contributed by atoms with Crippen molar-refractivity contribution < 1.29 is 9.59 Å². The highest BCUT2D eigenvalue weighted by atomic mass is 16.2. The molecule has 2 rings (SSSR count). The van der Waals surface area contributed by atoms with Crippen LogP contribution in [0.15, 0.2) is 48.8 Å². The van der Waals surface area contributed by atoms with E-state index in [4.69, 9.17) is 0 Å². The van der Waals surface area contributed by atoms with Gasteiger partial charge in [-0.15, -0.1) is 0 Å². The SMILES string of the molecule is CC(=O)N[C@H](C(=O)NCc1ccccc1)n1cccn1. The quantitative estimate of drug-likeness (QED) is 0.846. The van der Waals surface area contributed by atoms with Crippen molar-refractivity contribution in [2.45, 2.75) is 19.6 Å². The van der Waals surface area contributed by atoms with Crippen LogP contribution in [0.5, 0.6) is 0 Å². The summed E-state index contributed by atoms with van der Waals surface area (Å²) in [5.74, 6) is -0.604. The molecule has 2 N–H and O–H groups in total. The average Bonchev–Trinajstić information content (AvgIpc) is 2.97. The van der Waals surface area contributed by atoms with Gasteiger partial charge in [0.25, 0.3) is 5.91 Å². The number of carbonyl (C=O) groups is 2. The summed E-state index contributed by atoms with van der Waals surface area (Å²) in [6.45, 7) is 1.76. The molecule has 1 aromatic heterocycles. The van der Waals surface area contributed by atoms with Crippen LogP contribution in [0.2, 0.25) is 0 Å². The van der Waals surface area contributed by atoms with Crippen molar-refractivity contribution in [2.75, 3.05) is 0 Å². The third-order valence-electron chi connectivity index (χ3n) is 2.69. The van der Waals surface area contributed by atoms with E-state index in [0.29, 0.717) is 6.54 Å². The minimum absolute atomic E-state index is 0.291. The smallest absolute Gasteiger partial charge is 0.265 e. The van der Waals surface area contributed by atoms with Gasteiger partial charge in [0.15, 0.2) is 0 Å². The Morgan fingerprint density at radius 1 is 1.25 bits per heavy atom. The van der Waals surface area contributed by atoms with Crippen LogP contribution in [0.4, 0.5) is 0 Å². The maximum Gasteiger partial charge on any atom is 0.265 e. The average molecular weight is 272 g/mol. The molecule has 1 atom stereocenters. The number of carbonyl (C=O) groups excluding carboxylic acids is 2. The van der Waals surface area contributed by atoms with Gasteiger partial charge in [-0.05, 0) is 11.6 Å². The molecule has 0 spiro atoms. The molecular weight excluding hydrogens is 256 g/mol. The lowest BCUT2D eigenvalue weighted by molar-refractivity contribution is -0.130. The van der Waals surface area contributed by atoms with Crippen molar-refractivity contribution in [1.29, 1.82) is 0 Å². The van der Waals surface area contributed by atoms with E-state index in [9.17, 15) is 9.59 Å². The zero-order valence-corrected chi connectivity index (χ0v) is 11.1. The second-order valence-electron chi connectivity index (χ2n) is 4.29. The monoisotopic (exact) mass is 272 g/mol. The van der Waals surface area contributed by atoms with Crippen LogP contribution < -0.4 is 10.6 Å². The Hall–Kier alpha value is -2.63. The van der Waals surface area contributed by atoms with E-state index in [0.717, 1.165) is 5.56 Å². The Morgan fingerprint density at radius 2 is 2.00 bits per heavy atom. The molecule has 0 fully saturated rings. The van der Waals surface area contributed by atoms with Gasteiger partial charge in [0.2, 0.25) is 12.1 Å². The summed E-state index contributed by atoms with van der Waals surface area (Å²) in [5, 5.41) is 9.33. The lowest BCUT2D eigenvalue weighted by atomic mass is 10.2. The predicted octanol–water partition coefficient (Wildman–Crippen LogP) is 0.834. The highest BCUT2D eigenvalue weighted by Crippen LogP contribution is 2.03. The first kappa shape index (κ1) is 13.8. The number of benzene rings is 1. The highest BCUT2D eigenvalue weighted by molar-refractivity contribution is 5.85. The maximum absolute atomic E-state index is 12.2. The summed E-state index contributed by atoms with van der Waals surface area (Å²) in [7, 11) is 0. The van der Waals surface area contributed by atoms with Crippen molar-refractivity contribution in [3.8, 4) is 0 Å². The number of nitrogens with one attached hydrogen (secondary N) is 2. The van der Waals surface area contributed by atoms with E-state index in [2.05, 4.69) is 15.7 Å². The van der Waals surface area contributed by atoms with Crippen LogP contribution in [0.25, 0.3) is 0 Å². The molecule has 104 valence electrons. The molecule has 6 heteroatoms. The zero-order valence-electron chi connectivity index (χ0n) is 11.1. The van der Waals surface area contributed by atoms with Gasteiger partial charge in [-0.3, -0.25) is 9.59 Å². The van der Waals surface area contributed by atoms with Gasteiger partial charge < -0.3 is 10.6 Å². The summed E-state index contributed by atoms with van der Waals surface area (Å²) in [5.41, 5.74) is 0.989. The third-order valence-corrected chi connectivity index (χ3v) is 2.69. The first-order chi connectivity index (χ1) is 9.66. The van der Waals surface area contributed by atoms with Crippen molar-refractivity contribution in [3.63, 3.8) is 0 Å². The molecule has 0 aliphatic carbocycles. The van der Waals surface area contributed by atoms with E-state index in [1.54, 1.807) is 18.5 Å². The van der Waals surface area contributed by atoms with Crippen LogP contribution in [0.1, 0.15) is 18.7 Å². The molecule has 0 bridgehead atoms. The molecule has 0 saturated carbocycles. The molecule has 0 radical (unpaired) electrons. The highest BCUT2D eigenvalue weighted by Gasteiger charge is 2.21. The lowest BCUT2D eigenvalue weighted by Crippen LogP contribution is -2.42. The van der Waals surface area contributed by atoms with Crippen molar-refractivity contribution >= 4 is 11.8 Å². The Morgan fingerprint density at radius 3 is 2.60 bits per heavy atom. The van der Waals surface area contributed by atoms with Crippen LogP contribution >= 0.6 is 0 Å². The van der Waals surface area contributed by atoms with Crippen LogP contribution in [0.3, 0.4) is 0 Å². The fourth-order valence-corrected chi connectivity index (χ4v) is 1.76. The second kappa shape index (κ2) is 6.51. The Balaban J connectivity index is 2.02. The summed E-state index contributed by atoms with van der Waals surface area (Å²) in [4.78, 5) is 23.4. The van der Waals surface area contributed by atoms with Gasteiger partial charge in [0, 0.05) is 25.9 Å². The van der Waals surface area contributed by atoms with Gasteiger partial charge in [-0.1, -0.05) is 30.3 Å². The van der Waals surface area contributed by atoms with Gasteiger partial charge >= 0.3 is 0 Å². The summed E-state index contributed by atoms with van der Waals surface area (Å²) >= 11 is 0. The van der Waals surface area contributed by atoms with Crippen molar-refractivity contribution in [3.05, 3.63) is 54.4 Å². The molecule has 1 heterocycles. The van der Waals surface area contributed by atoms with Gasteiger partial charge in [0.05, 0.1) is 0 Å². The van der Waals surface area contributed by atoms with E-state index in [1.165, 1.54) is 11.6 Å². The molecule has 0 aliphatic rings. The first-order valence-electron chi connectivity index (χ1n) is 6.24. The number of nitrogens with zero attached hydrogens (tertiary/aromatic N) is 2. The van der Waals surface area contributed by atoms with Gasteiger partial charge in [-0.25, -0.2) is 4.68 Å². The fraction of sp³-hybridized carbons (Fsp3) is 0.214. The molecule has 20 heavy (non-hydrogen) atoms. The largest absolute Gasteiger partial charge is 0.349 e. The minimum Gasteiger partial charge on any atom is -0.349 e. The number of amides is 2. The number of aromatic nitrogens is 2. The molecule has 0 saturated heterocycles. The molecule has 2 amide bonds. The Bertz CT molecular complexity index is 566. The van der Waals surface area contributed by atoms with Gasteiger partial charge in [-0.2, -0.15) is 5.10 Å². The molecule has 2 aromatic rings. The summed E-state index contributed by atoms with van der Waals surface area (Å²) in [6, 6.07) is 11.2. The fourth-order valence-electron chi connectivity index (χ4n) is 1.76. The number of hydrogen-bond donors (Lipinski definition) is 2. The Labute approximate surface area is 116 Å². The topological polar surface area (TPSA) is 76.0 Å².